The minimum Gasteiger partial charge on any atom is -0.389 e. The van der Waals surface area contributed by atoms with Crippen LogP contribution in [0.5, 0.6) is 0 Å². The third kappa shape index (κ3) is 2.87. The van der Waals surface area contributed by atoms with Crippen LogP contribution in [0.2, 0.25) is 0 Å². The zero-order chi connectivity index (χ0) is 12.3. The lowest BCUT2D eigenvalue weighted by atomic mass is 9.88. The van der Waals surface area contributed by atoms with E-state index in [9.17, 15) is 5.11 Å². The van der Waals surface area contributed by atoms with Gasteiger partial charge in [-0.25, -0.2) is 0 Å². The third-order valence-corrected chi connectivity index (χ3v) is 3.62. The SMILES string of the molecule is CCc1cc(CC2(O)CCNCC2)n(CC)n1. The molecular weight excluding hydrogens is 214 g/mol. The second-order valence-electron chi connectivity index (χ2n) is 4.95. The van der Waals surface area contributed by atoms with Crippen LogP contribution >= 0.6 is 0 Å². The fraction of sp³-hybridized carbons (Fsp3) is 0.769. The molecule has 4 nitrogen and oxygen atoms in total. The summed E-state index contributed by atoms with van der Waals surface area (Å²) in [6, 6.07) is 2.14. The number of aryl methyl sites for hydroxylation is 2. The smallest absolute Gasteiger partial charge is 0.0727 e. The van der Waals surface area contributed by atoms with Gasteiger partial charge in [0.2, 0.25) is 0 Å². The molecule has 0 aromatic carbocycles. The van der Waals surface area contributed by atoms with Crippen LogP contribution < -0.4 is 5.32 Å². The zero-order valence-electron chi connectivity index (χ0n) is 10.9. The molecule has 0 radical (unpaired) electrons. The first-order valence-electron chi connectivity index (χ1n) is 6.65. The number of aromatic nitrogens is 2. The number of rotatable bonds is 4. The van der Waals surface area contributed by atoms with Gasteiger partial charge in [-0.05, 0) is 45.3 Å². The molecule has 0 unspecified atom stereocenters. The summed E-state index contributed by atoms with van der Waals surface area (Å²) in [6.07, 6.45) is 3.36. The number of hydrogen-bond donors (Lipinski definition) is 2. The fourth-order valence-corrected chi connectivity index (χ4v) is 2.51. The minimum atomic E-state index is -0.538. The van der Waals surface area contributed by atoms with Gasteiger partial charge in [-0.1, -0.05) is 6.92 Å². The van der Waals surface area contributed by atoms with Gasteiger partial charge in [-0.3, -0.25) is 4.68 Å². The van der Waals surface area contributed by atoms with Crippen LogP contribution in [0.4, 0.5) is 0 Å². The molecule has 17 heavy (non-hydrogen) atoms. The van der Waals surface area contributed by atoms with Crippen molar-refractivity contribution < 1.29 is 5.11 Å². The molecule has 96 valence electrons. The van der Waals surface area contributed by atoms with Crippen molar-refractivity contribution in [2.45, 2.75) is 51.7 Å². The number of hydrogen-bond acceptors (Lipinski definition) is 3. The first-order chi connectivity index (χ1) is 8.17. The first-order valence-corrected chi connectivity index (χ1v) is 6.65. The lowest BCUT2D eigenvalue weighted by Gasteiger charge is -2.32. The van der Waals surface area contributed by atoms with Gasteiger partial charge in [0.25, 0.3) is 0 Å². The van der Waals surface area contributed by atoms with Gasteiger partial charge < -0.3 is 10.4 Å². The van der Waals surface area contributed by atoms with Crippen molar-refractivity contribution in [2.24, 2.45) is 0 Å². The summed E-state index contributed by atoms with van der Waals surface area (Å²) >= 11 is 0. The van der Waals surface area contributed by atoms with Gasteiger partial charge in [0, 0.05) is 18.7 Å². The zero-order valence-corrected chi connectivity index (χ0v) is 10.9. The van der Waals surface area contributed by atoms with E-state index in [1.807, 2.05) is 4.68 Å². The average Bonchev–Trinajstić information content (AvgIpc) is 2.71. The highest BCUT2D eigenvalue weighted by Crippen LogP contribution is 2.23. The average molecular weight is 237 g/mol. The molecule has 1 aliphatic heterocycles. The normalized spacial score (nSPS) is 19.5. The van der Waals surface area contributed by atoms with Crippen molar-refractivity contribution in [1.29, 1.82) is 0 Å². The second-order valence-corrected chi connectivity index (χ2v) is 4.95. The summed E-state index contributed by atoms with van der Waals surface area (Å²) in [7, 11) is 0. The molecule has 2 rings (SSSR count). The van der Waals surface area contributed by atoms with E-state index in [0.29, 0.717) is 0 Å². The standard InChI is InChI=1S/C13H23N3O/c1-3-11-9-12(16(4-2)15-11)10-13(17)5-7-14-8-6-13/h9,14,17H,3-8,10H2,1-2H3. The van der Waals surface area contributed by atoms with Crippen LogP contribution in [0.1, 0.15) is 38.1 Å². The molecule has 1 fully saturated rings. The Morgan fingerprint density at radius 3 is 2.71 bits per heavy atom. The molecule has 1 aliphatic rings. The fourth-order valence-electron chi connectivity index (χ4n) is 2.51. The van der Waals surface area contributed by atoms with E-state index in [1.54, 1.807) is 0 Å². The molecule has 0 bridgehead atoms. The van der Waals surface area contributed by atoms with E-state index < -0.39 is 5.60 Å². The summed E-state index contributed by atoms with van der Waals surface area (Å²) in [6.45, 7) is 6.92. The second kappa shape index (κ2) is 5.19. The summed E-state index contributed by atoms with van der Waals surface area (Å²) in [5.74, 6) is 0. The van der Waals surface area contributed by atoms with Gasteiger partial charge in [0.15, 0.2) is 0 Å². The van der Waals surface area contributed by atoms with E-state index in [-0.39, 0.29) is 0 Å². The Kier molecular flexibility index (Phi) is 3.84. The number of piperidine rings is 1. The lowest BCUT2D eigenvalue weighted by Crippen LogP contribution is -2.43. The van der Waals surface area contributed by atoms with Crippen LogP contribution in [-0.4, -0.2) is 33.6 Å². The van der Waals surface area contributed by atoms with Gasteiger partial charge >= 0.3 is 0 Å². The quantitative estimate of drug-likeness (QED) is 0.825. The molecule has 0 amide bonds. The maximum atomic E-state index is 10.5. The molecule has 2 N–H and O–H groups in total. The van der Waals surface area contributed by atoms with Crippen molar-refractivity contribution in [3.8, 4) is 0 Å². The van der Waals surface area contributed by atoms with E-state index in [4.69, 9.17) is 0 Å². The Morgan fingerprint density at radius 2 is 2.12 bits per heavy atom. The van der Waals surface area contributed by atoms with Gasteiger partial charge in [-0.15, -0.1) is 0 Å². The Labute approximate surface area is 103 Å². The number of aliphatic hydroxyl groups is 1. The lowest BCUT2D eigenvalue weighted by molar-refractivity contribution is 0.00911. The molecular formula is C13H23N3O. The Morgan fingerprint density at radius 1 is 1.41 bits per heavy atom. The predicted octanol–water partition coefficient (Wildman–Crippen LogP) is 1.12. The van der Waals surface area contributed by atoms with E-state index in [1.165, 1.54) is 5.69 Å². The van der Waals surface area contributed by atoms with E-state index >= 15 is 0 Å². The Hall–Kier alpha value is -0.870. The van der Waals surface area contributed by atoms with E-state index in [2.05, 4.69) is 30.3 Å². The third-order valence-electron chi connectivity index (χ3n) is 3.62. The topological polar surface area (TPSA) is 50.1 Å². The van der Waals surface area contributed by atoms with Gasteiger partial charge in [0.05, 0.1) is 11.3 Å². The molecule has 0 atom stereocenters. The highest BCUT2D eigenvalue weighted by Gasteiger charge is 2.30. The van der Waals surface area contributed by atoms with E-state index in [0.717, 1.165) is 51.0 Å². The Balaban J connectivity index is 2.13. The van der Waals surface area contributed by atoms with Crippen molar-refractivity contribution in [2.75, 3.05) is 13.1 Å². The molecule has 0 aliphatic carbocycles. The van der Waals surface area contributed by atoms with Crippen LogP contribution in [0, 0.1) is 0 Å². The summed E-state index contributed by atoms with van der Waals surface area (Å²) in [5, 5.41) is 18.4. The molecule has 4 heteroatoms. The van der Waals surface area contributed by atoms with Crippen molar-refractivity contribution in [3.63, 3.8) is 0 Å². The maximum absolute atomic E-state index is 10.5. The van der Waals surface area contributed by atoms with Crippen LogP contribution in [0.15, 0.2) is 6.07 Å². The first kappa shape index (κ1) is 12.6. The number of nitrogens with one attached hydrogen (secondary N) is 1. The predicted molar refractivity (Wildman–Crippen MR) is 68.0 cm³/mol. The summed E-state index contributed by atoms with van der Waals surface area (Å²) in [5.41, 5.74) is 1.76. The van der Waals surface area contributed by atoms with Gasteiger partial charge in [0.1, 0.15) is 0 Å². The molecule has 1 aromatic heterocycles. The van der Waals surface area contributed by atoms with Gasteiger partial charge in [-0.2, -0.15) is 5.10 Å². The maximum Gasteiger partial charge on any atom is 0.0727 e. The van der Waals surface area contributed by atoms with Crippen molar-refractivity contribution in [3.05, 3.63) is 17.5 Å². The molecule has 2 heterocycles. The highest BCUT2D eigenvalue weighted by molar-refractivity contribution is 5.13. The van der Waals surface area contributed by atoms with Crippen LogP contribution in [0.3, 0.4) is 0 Å². The van der Waals surface area contributed by atoms with Crippen LogP contribution in [-0.2, 0) is 19.4 Å². The van der Waals surface area contributed by atoms with Crippen LogP contribution in [0.25, 0.3) is 0 Å². The molecule has 0 spiro atoms. The molecule has 1 aromatic rings. The molecule has 1 saturated heterocycles. The highest BCUT2D eigenvalue weighted by atomic mass is 16.3. The molecule has 0 saturated carbocycles. The Bertz CT molecular complexity index is 367. The summed E-state index contributed by atoms with van der Waals surface area (Å²) in [4.78, 5) is 0. The number of nitrogens with zero attached hydrogens (tertiary/aromatic N) is 2. The monoisotopic (exact) mass is 237 g/mol. The minimum absolute atomic E-state index is 0.538. The summed E-state index contributed by atoms with van der Waals surface area (Å²) < 4.78 is 2.03. The largest absolute Gasteiger partial charge is 0.389 e. The van der Waals surface area contributed by atoms with Crippen molar-refractivity contribution >= 4 is 0 Å². The van der Waals surface area contributed by atoms with Crippen molar-refractivity contribution in [1.82, 2.24) is 15.1 Å².